The monoisotopic (exact) mass is 320 g/mol. The summed E-state index contributed by atoms with van der Waals surface area (Å²) in [5.41, 5.74) is 3.28. The Hall–Kier alpha value is -1.35. The van der Waals surface area contributed by atoms with E-state index >= 15 is 0 Å². The number of ether oxygens (including phenoxy) is 2. The lowest BCUT2D eigenvalue weighted by molar-refractivity contribution is -0.140. The van der Waals surface area contributed by atoms with E-state index in [1.165, 1.54) is 11.1 Å². The molecule has 1 aliphatic rings. The van der Waals surface area contributed by atoms with E-state index in [0.29, 0.717) is 24.7 Å². The summed E-state index contributed by atoms with van der Waals surface area (Å²) < 4.78 is 10.8. The summed E-state index contributed by atoms with van der Waals surface area (Å²) in [5, 5.41) is 0. The first kappa shape index (κ1) is 19.7. The first-order valence-corrected chi connectivity index (χ1v) is 8.70. The highest BCUT2D eigenvalue weighted by Crippen LogP contribution is 2.26. The number of hydrogen-bond acceptors (Lipinski definition) is 3. The van der Waals surface area contributed by atoms with Crippen LogP contribution in [-0.2, 0) is 14.3 Å². The van der Waals surface area contributed by atoms with Gasteiger partial charge in [-0.2, -0.15) is 0 Å². The van der Waals surface area contributed by atoms with Gasteiger partial charge in [0.1, 0.15) is 0 Å². The quantitative estimate of drug-likeness (QED) is 0.359. The molecule has 0 amide bonds. The van der Waals surface area contributed by atoms with E-state index in [0.717, 1.165) is 32.1 Å². The van der Waals surface area contributed by atoms with Crippen LogP contribution in [0.15, 0.2) is 35.5 Å². The third-order valence-corrected chi connectivity index (χ3v) is 4.19. The number of rotatable bonds is 8. The molecule has 1 aliphatic heterocycles. The summed E-state index contributed by atoms with van der Waals surface area (Å²) >= 11 is 0. The van der Waals surface area contributed by atoms with Crippen LogP contribution >= 0.6 is 0 Å². The lowest BCUT2D eigenvalue weighted by Gasteiger charge is -2.29. The van der Waals surface area contributed by atoms with Gasteiger partial charge in [0.25, 0.3) is 0 Å². The van der Waals surface area contributed by atoms with Gasteiger partial charge in [-0.3, -0.25) is 0 Å². The number of hydrogen-bond donors (Lipinski definition) is 0. The highest BCUT2D eigenvalue weighted by Gasteiger charge is 2.26. The van der Waals surface area contributed by atoms with Gasteiger partial charge in [-0.05, 0) is 65.7 Å². The second-order valence-corrected chi connectivity index (χ2v) is 6.62. The molecule has 0 unspecified atom stereocenters. The molecule has 130 valence electrons. The Labute approximate surface area is 141 Å². The van der Waals surface area contributed by atoms with Crippen LogP contribution in [0, 0.1) is 5.92 Å². The van der Waals surface area contributed by atoms with Gasteiger partial charge in [-0.25, -0.2) is 4.79 Å². The summed E-state index contributed by atoms with van der Waals surface area (Å²) in [5.74, 6) is 0.214. The molecule has 23 heavy (non-hydrogen) atoms. The minimum Gasteiger partial charge on any atom is -0.463 e. The molecule has 0 spiro atoms. The van der Waals surface area contributed by atoms with E-state index < -0.39 is 0 Å². The van der Waals surface area contributed by atoms with Gasteiger partial charge in [0, 0.05) is 0 Å². The lowest BCUT2D eigenvalue weighted by atomic mass is 9.92. The highest BCUT2D eigenvalue weighted by molar-refractivity contribution is 5.88. The standard InChI is InChI=1S/C20H32O3/c1-6-22-20(21)17(5)19-13-12-18(14-23-19)11-10-16(4)9-7-8-15(2)3/h8,10,18-19H,5-7,9,11-14H2,1-4H3/b16-10+/t18-,19-/m1/s1. The fourth-order valence-electron chi connectivity index (χ4n) is 2.68. The van der Waals surface area contributed by atoms with Gasteiger partial charge in [0.2, 0.25) is 0 Å². The van der Waals surface area contributed by atoms with Gasteiger partial charge >= 0.3 is 5.97 Å². The van der Waals surface area contributed by atoms with Gasteiger partial charge in [0.15, 0.2) is 0 Å². The normalized spacial score (nSPS) is 21.7. The zero-order valence-corrected chi connectivity index (χ0v) is 15.2. The molecule has 1 heterocycles. The maximum atomic E-state index is 11.7. The van der Waals surface area contributed by atoms with E-state index in [2.05, 4.69) is 39.5 Å². The number of carbonyl (C=O) groups is 1. The third-order valence-electron chi connectivity index (χ3n) is 4.19. The Balaban J connectivity index is 2.32. The van der Waals surface area contributed by atoms with E-state index in [9.17, 15) is 4.79 Å². The van der Waals surface area contributed by atoms with Crippen molar-refractivity contribution < 1.29 is 14.3 Å². The van der Waals surface area contributed by atoms with Crippen LogP contribution in [-0.4, -0.2) is 25.3 Å². The van der Waals surface area contributed by atoms with E-state index in [1.807, 2.05) is 0 Å². The van der Waals surface area contributed by atoms with Crippen molar-refractivity contribution in [3.63, 3.8) is 0 Å². The highest BCUT2D eigenvalue weighted by atomic mass is 16.5. The van der Waals surface area contributed by atoms with Crippen molar-refractivity contribution in [2.75, 3.05) is 13.2 Å². The molecule has 1 fully saturated rings. The van der Waals surface area contributed by atoms with E-state index in [1.54, 1.807) is 6.92 Å². The van der Waals surface area contributed by atoms with Crippen molar-refractivity contribution in [1.82, 2.24) is 0 Å². The fraction of sp³-hybridized carbons (Fsp3) is 0.650. The Morgan fingerprint density at radius 3 is 2.57 bits per heavy atom. The molecule has 2 atom stereocenters. The van der Waals surface area contributed by atoms with E-state index in [4.69, 9.17) is 9.47 Å². The predicted octanol–water partition coefficient (Wildman–Crippen LogP) is 4.98. The van der Waals surface area contributed by atoms with Crippen molar-refractivity contribution >= 4 is 5.97 Å². The summed E-state index contributed by atoms with van der Waals surface area (Å²) in [6.07, 6.45) is 9.68. The average Bonchev–Trinajstić information content (AvgIpc) is 2.52. The molecule has 0 N–H and O–H groups in total. The predicted molar refractivity (Wildman–Crippen MR) is 95.3 cm³/mol. The largest absolute Gasteiger partial charge is 0.463 e. The molecule has 0 aromatic rings. The maximum absolute atomic E-state index is 11.7. The van der Waals surface area contributed by atoms with Crippen LogP contribution in [0.1, 0.15) is 59.8 Å². The van der Waals surface area contributed by atoms with Gasteiger partial charge < -0.3 is 9.47 Å². The second kappa shape index (κ2) is 10.4. The molecular weight excluding hydrogens is 288 g/mol. The Kier molecular flexibility index (Phi) is 8.93. The summed E-state index contributed by atoms with van der Waals surface area (Å²) in [4.78, 5) is 11.7. The van der Waals surface area contributed by atoms with Crippen molar-refractivity contribution in [2.24, 2.45) is 5.92 Å². The molecule has 0 radical (unpaired) electrons. The minimum absolute atomic E-state index is 0.173. The lowest BCUT2D eigenvalue weighted by Crippen LogP contribution is -2.30. The molecule has 0 aromatic carbocycles. The molecule has 0 bridgehead atoms. The summed E-state index contributed by atoms with van der Waals surface area (Å²) in [7, 11) is 0. The SMILES string of the molecule is C=C(C(=O)OCC)[C@H]1CC[C@@H](C/C=C(\C)CCC=C(C)C)CO1. The topological polar surface area (TPSA) is 35.5 Å². The zero-order valence-electron chi connectivity index (χ0n) is 15.2. The molecule has 0 aromatic heterocycles. The number of carbonyl (C=O) groups excluding carboxylic acids is 1. The summed E-state index contributed by atoms with van der Waals surface area (Å²) in [6.45, 7) is 13.2. The first-order chi connectivity index (χ1) is 10.9. The van der Waals surface area contributed by atoms with Crippen molar-refractivity contribution in [3.8, 4) is 0 Å². The Bertz CT molecular complexity index is 448. The van der Waals surface area contributed by atoms with Crippen LogP contribution in [0.3, 0.4) is 0 Å². The molecule has 0 aliphatic carbocycles. The third kappa shape index (κ3) is 7.65. The molecule has 3 nitrogen and oxygen atoms in total. The first-order valence-electron chi connectivity index (χ1n) is 8.70. The molecule has 1 saturated heterocycles. The molecule has 1 rings (SSSR count). The van der Waals surface area contributed by atoms with E-state index in [-0.39, 0.29) is 12.1 Å². The van der Waals surface area contributed by atoms with Gasteiger partial charge in [-0.15, -0.1) is 0 Å². The van der Waals surface area contributed by atoms with Crippen LogP contribution < -0.4 is 0 Å². The zero-order chi connectivity index (χ0) is 17.2. The average molecular weight is 320 g/mol. The van der Waals surface area contributed by atoms with Crippen molar-refractivity contribution in [3.05, 3.63) is 35.5 Å². The molecule has 3 heteroatoms. The fourth-order valence-corrected chi connectivity index (χ4v) is 2.68. The van der Waals surface area contributed by atoms with Crippen LogP contribution in [0.2, 0.25) is 0 Å². The van der Waals surface area contributed by atoms with Crippen molar-refractivity contribution in [2.45, 2.75) is 65.9 Å². The van der Waals surface area contributed by atoms with Crippen LogP contribution in [0.5, 0.6) is 0 Å². The number of esters is 1. The van der Waals surface area contributed by atoms with Crippen LogP contribution in [0.4, 0.5) is 0 Å². The van der Waals surface area contributed by atoms with Gasteiger partial charge in [0.05, 0.1) is 24.9 Å². The smallest absolute Gasteiger partial charge is 0.336 e. The second-order valence-electron chi connectivity index (χ2n) is 6.62. The molecule has 0 saturated carbocycles. The molecular formula is C20H32O3. The Morgan fingerprint density at radius 2 is 2.00 bits per heavy atom. The maximum Gasteiger partial charge on any atom is 0.336 e. The van der Waals surface area contributed by atoms with Crippen molar-refractivity contribution in [1.29, 1.82) is 0 Å². The van der Waals surface area contributed by atoms with Crippen LogP contribution in [0.25, 0.3) is 0 Å². The van der Waals surface area contributed by atoms with Gasteiger partial charge in [-0.1, -0.05) is 29.9 Å². The summed E-state index contributed by atoms with van der Waals surface area (Å²) in [6, 6.07) is 0. The number of allylic oxidation sites excluding steroid dienone is 4. The Morgan fingerprint density at radius 1 is 1.26 bits per heavy atom. The minimum atomic E-state index is -0.328.